The summed E-state index contributed by atoms with van der Waals surface area (Å²) < 4.78 is 9.99. The van der Waals surface area contributed by atoms with E-state index < -0.39 is 5.97 Å². The molecule has 0 N–H and O–H groups in total. The molecule has 34 heavy (non-hydrogen) atoms. The van der Waals surface area contributed by atoms with Crippen LogP contribution in [0.3, 0.4) is 0 Å². The fourth-order valence-electron chi connectivity index (χ4n) is 3.53. The van der Waals surface area contributed by atoms with Gasteiger partial charge in [0.05, 0.1) is 20.3 Å². The van der Waals surface area contributed by atoms with Crippen molar-refractivity contribution in [2.75, 3.05) is 20.8 Å². The average molecular weight is 456 g/mol. The molecule has 0 fully saturated rings. The molecule has 5 heteroatoms. The minimum atomic E-state index is -0.459. The molecule has 0 saturated carbocycles. The maximum absolute atomic E-state index is 13.5. The lowest BCUT2D eigenvalue weighted by atomic mass is 10.0. The van der Waals surface area contributed by atoms with Crippen LogP contribution >= 0.6 is 0 Å². The van der Waals surface area contributed by atoms with Gasteiger partial charge in [0, 0.05) is 18.2 Å². The summed E-state index contributed by atoms with van der Waals surface area (Å²) in [6.07, 6.45) is 7.59. The van der Waals surface area contributed by atoms with E-state index in [1.807, 2.05) is 84.9 Å². The molecular weight excluding hydrogens is 426 g/mol. The summed E-state index contributed by atoms with van der Waals surface area (Å²) in [5, 5.41) is 0. The predicted octanol–water partition coefficient (Wildman–Crippen LogP) is 5.19. The second kappa shape index (κ2) is 12.8. The maximum atomic E-state index is 13.5. The van der Waals surface area contributed by atoms with E-state index in [0.717, 1.165) is 16.9 Å². The number of amides is 1. The monoisotopic (exact) mass is 455 g/mol. The molecule has 0 saturated heterocycles. The van der Waals surface area contributed by atoms with E-state index in [1.54, 1.807) is 30.2 Å². The van der Waals surface area contributed by atoms with Gasteiger partial charge in [0.1, 0.15) is 5.75 Å². The van der Waals surface area contributed by atoms with Crippen LogP contribution in [0.4, 0.5) is 0 Å². The third-order valence-electron chi connectivity index (χ3n) is 5.35. The van der Waals surface area contributed by atoms with Crippen molar-refractivity contribution < 1.29 is 19.1 Å². The van der Waals surface area contributed by atoms with Crippen molar-refractivity contribution in [1.29, 1.82) is 0 Å². The molecule has 0 aromatic heterocycles. The van der Waals surface area contributed by atoms with Crippen LogP contribution in [0.2, 0.25) is 0 Å². The highest BCUT2D eigenvalue weighted by atomic mass is 16.5. The molecule has 3 aromatic carbocycles. The number of benzene rings is 3. The van der Waals surface area contributed by atoms with Gasteiger partial charge in [-0.25, -0.2) is 4.79 Å². The second-order valence-corrected chi connectivity index (χ2v) is 7.64. The average Bonchev–Trinajstić information content (AvgIpc) is 2.90. The van der Waals surface area contributed by atoms with Crippen LogP contribution in [0.15, 0.2) is 103 Å². The highest BCUT2D eigenvalue weighted by Crippen LogP contribution is 2.17. The number of carbonyl (C=O) groups is 2. The molecular formula is C29H29NO4. The standard InChI is InChI=1S/C29H29NO4/c1-33-27-18-15-23(16-19-27)12-9-21-30(29(32)25-13-7-4-8-14-25)26(17-20-28(31)34-2)22-24-10-5-3-6-11-24/h3-20,26H,21-22H2,1-2H3/b12-9+,20-17+/t26-/m1/s1. The van der Waals surface area contributed by atoms with Crippen LogP contribution in [0.25, 0.3) is 6.08 Å². The van der Waals surface area contributed by atoms with E-state index in [1.165, 1.54) is 13.2 Å². The van der Waals surface area contributed by atoms with E-state index in [4.69, 9.17) is 9.47 Å². The highest BCUT2D eigenvalue weighted by Gasteiger charge is 2.23. The van der Waals surface area contributed by atoms with Crippen LogP contribution < -0.4 is 4.74 Å². The second-order valence-electron chi connectivity index (χ2n) is 7.64. The molecule has 3 rings (SSSR count). The Morgan fingerprint density at radius 3 is 2.15 bits per heavy atom. The summed E-state index contributed by atoms with van der Waals surface area (Å²) in [6.45, 7) is 0.364. The van der Waals surface area contributed by atoms with Gasteiger partial charge in [-0.3, -0.25) is 4.79 Å². The molecule has 0 spiro atoms. The maximum Gasteiger partial charge on any atom is 0.330 e. The molecule has 0 bridgehead atoms. The number of esters is 1. The van der Waals surface area contributed by atoms with Crippen molar-refractivity contribution in [2.24, 2.45) is 0 Å². The quantitative estimate of drug-likeness (QED) is 0.312. The van der Waals surface area contributed by atoms with Gasteiger partial charge in [-0.2, -0.15) is 0 Å². The first-order valence-corrected chi connectivity index (χ1v) is 11.1. The summed E-state index contributed by atoms with van der Waals surface area (Å²) in [7, 11) is 2.97. The predicted molar refractivity (Wildman–Crippen MR) is 135 cm³/mol. The molecule has 174 valence electrons. The third kappa shape index (κ3) is 7.20. The van der Waals surface area contributed by atoms with Crippen molar-refractivity contribution in [2.45, 2.75) is 12.5 Å². The first kappa shape index (κ1) is 24.5. The van der Waals surface area contributed by atoms with Crippen LogP contribution in [-0.4, -0.2) is 43.6 Å². The first-order valence-electron chi connectivity index (χ1n) is 11.1. The Bertz CT molecular complexity index is 1110. The highest BCUT2D eigenvalue weighted by molar-refractivity contribution is 5.94. The fourth-order valence-corrected chi connectivity index (χ4v) is 3.53. The largest absolute Gasteiger partial charge is 0.497 e. The van der Waals surface area contributed by atoms with Gasteiger partial charge >= 0.3 is 5.97 Å². The van der Waals surface area contributed by atoms with E-state index in [9.17, 15) is 9.59 Å². The molecule has 0 aliphatic heterocycles. The van der Waals surface area contributed by atoms with E-state index in [0.29, 0.717) is 18.5 Å². The van der Waals surface area contributed by atoms with Gasteiger partial charge in [0.2, 0.25) is 0 Å². The zero-order valence-electron chi connectivity index (χ0n) is 19.5. The first-order chi connectivity index (χ1) is 16.6. The SMILES string of the molecule is COC(=O)/C=C/[C@H](Cc1ccccc1)N(C/C=C/c1ccc(OC)cc1)C(=O)c1ccccc1. The molecule has 0 aliphatic rings. The van der Waals surface area contributed by atoms with E-state index in [2.05, 4.69) is 0 Å². The van der Waals surface area contributed by atoms with Gasteiger partial charge in [-0.05, 0) is 41.8 Å². The topological polar surface area (TPSA) is 55.8 Å². The van der Waals surface area contributed by atoms with Crippen molar-refractivity contribution in [1.82, 2.24) is 4.90 Å². The van der Waals surface area contributed by atoms with Crippen LogP contribution in [0, 0.1) is 0 Å². The van der Waals surface area contributed by atoms with Gasteiger partial charge < -0.3 is 14.4 Å². The van der Waals surface area contributed by atoms with Crippen molar-refractivity contribution >= 4 is 18.0 Å². The van der Waals surface area contributed by atoms with Gasteiger partial charge in [-0.15, -0.1) is 0 Å². The summed E-state index contributed by atoms with van der Waals surface area (Å²) in [5.41, 5.74) is 2.65. The van der Waals surface area contributed by atoms with Crippen LogP contribution in [0.5, 0.6) is 5.75 Å². The molecule has 0 aliphatic carbocycles. The summed E-state index contributed by atoms with van der Waals surface area (Å²) in [6, 6.07) is 26.4. The smallest absolute Gasteiger partial charge is 0.330 e. The van der Waals surface area contributed by atoms with Crippen LogP contribution in [0.1, 0.15) is 21.5 Å². The molecule has 0 heterocycles. The molecule has 3 aromatic rings. The normalized spacial score (nSPS) is 11.9. The summed E-state index contributed by atoms with van der Waals surface area (Å²) in [5.74, 6) is 0.211. The minimum absolute atomic E-state index is 0.115. The Labute approximate surface area is 200 Å². The zero-order chi connectivity index (χ0) is 24.2. The number of ether oxygens (including phenoxy) is 2. The zero-order valence-corrected chi connectivity index (χ0v) is 19.5. The van der Waals surface area contributed by atoms with Gasteiger partial charge in [-0.1, -0.05) is 78.9 Å². The van der Waals surface area contributed by atoms with E-state index >= 15 is 0 Å². The molecule has 1 amide bonds. The van der Waals surface area contributed by atoms with Crippen molar-refractivity contribution in [3.8, 4) is 5.75 Å². The molecule has 5 nitrogen and oxygen atoms in total. The summed E-state index contributed by atoms with van der Waals surface area (Å²) in [4.78, 5) is 27.2. The van der Waals surface area contributed by atoms with Crippen molar-refractivity contribution in [3.05, 3.63) is 120 Å². The number of nitrogens with zero attached hydrogens (tertiary/aromatic N) is 1. The van der Waals surface area contributed by atoms with E-state index in [-0.39, 0.29) is 11.9 Å². The lowest BCUT2D eigenvalue weighted by Crippen LogP contribution is -2.41. The Balaban J connectivity index is 1.91. The van der Waals surface area contributed by atoms with Gasteiger partial charge in [0.15, 0.2) is 0 Å². The van der Waals surface area contributed by atoms with Crippen LogP contribution in [-0.2, 0) is 16.0 Å². The lowest BCUT2D eigenvalue weighted by Gasteiger charge is -2.29. The number of rotatable bonds is 10. The molecule has 1 atom stereocenters. The Morgan fingerprint density at radius 2 is 1.53 bits per heavy atom. The van der Waals surface area contributed by atoms with Crippen molar-refractivity contribution in [3.63, 3.8) is 0 Å². The third-order valence-corrected chi connectivity index (χ3v) is 5.35. The Kier molecular flexibility index (Phi) is 9.23. The molecule has 0 radical (unpaired) electrons. The lowest BCUT2D eigenvalue weighted by molar-refractivity contribution is -0.134. The van der Waals surface area contributed by atoms with Gasteiger partial charge in [0.25, 0.3) is 5.91 Å². The Hall–Kier alpha value is -4.12. The number of hydrogen-bond donors (Lipinski definition) is 0. The number of hydrogen-bond acceptors (Lipinski definition) is 4. The summed E-state index contributed by atoms with van der Waals surface area (Å²) >= 11 is 0. The molecule has 0 unspecified atom stereocenters. The minimum Gasteiger partial charge on any atom is -0.497 e. The number of carbonyl (C=O) groups excluding carboxylic acids is 2. The number of methoxy groups -OCH3 is 2. The Morgan fingerprint density at radius 1 is 0.882 bits per heavy atom. The fraction of sp³-hybridized carbons (Fsp3) is 0.172.